The van der Waals surface area contributed by atoms with Crippen LogP contribution in [-0.2, 0) is 4.74 Å². The van der Waals surface area contributed by atoms with Gasteiger partial charge in [-0.2, -0.15) is 0 Å². The molecule has 2 heteroatoms. The molecule has 0 aliphatic carbocycles. The van der Waals surface area contributed by atoms with Crippen molar-refractivity contribution in [3.05, 3.63) is 12.2 Å². The van der Waals surface area contributed by atoms with Gasteiger partial charge in [0.25, 0.3) is 0 Å². The Morgan fingerprint density at radius 1 is 1.80 bits per heavy atom. The molecular weight excluding hydrogens is 144 g/mol. The zero-order chi connectivity index (χ0) is 7.40. The zero-order valence-corrected chi connectivity index (χ0v) is 7.25. The molecule has 1 unspecified atom stereocenters. The minimum Gasteiger partial charge on any atom is -0.363 e. The normalized spacial score (nSPS) is 25.1. The van der Waals surface area contributed by atoms with Gasteiger partial charge >= 0.3 is 0 Å². The van der Waals surface area contributed by atoms with Gasteiger partial charge < -0.3 is 4.74 Å². The number of hydrogen-bond donors (Lipinski definition) is 0. The molecule has 0 aromatic rings. The summed E-state index contributed by atoms with van der Waals surface area (Å²) in [7, 11) is 0. The maximum Gasteiger partial charge on any atom is 0.103 e. The van der Waals surface area contributed by atoms with E-state index in [2.05, 4.69) is 6.58 Å². The van der Waals surface area contributed by atoms with E-state index in [1.54, 1.807) is 0 Å². The van der Waals surface area contributed by atoms with Crippen LogP contribution in [-0.4, -0.2) is 17.8 Å². The van der Waals surface area contributed by atoms with Crippen LogP contribution in [0.25, 0.3) is 0 Å². The summed E-state index contributed by atoms with van der Waals surface area (Å²) < 4.78 is 5.53. The predicted molar refractivity (Wildman–Crippen MR) is 46.2 cm³/mol. The predicted octanol–water partition coefficient (Wildman–Crippen LogP) is 2.43. The van der Waals surface area contributed by atoms with E-state index in [1.165, 1.54) is 18.6 Å². The third kappa shape index (κ3) is 2.76. The molecule has 58 valence electrons. The first kappa shape index (κ1) is 8.15. The summed E-state index contributed by atoms with van der Waals surface area (Å²) in [4.78, 5) is 0. The van der Waals surface area contributed by atoms with Crippen LogP contribution in [0, 0.1) is 0 Å². The monoisotopic (exact) mass is 158 g/mol. The maximum absolute atomic E-state index is 5.53. The Kier molecular flexibility index (Phi) is 3.29. The minimum absolute atomic E-state index is 0.455. The van der Waals surface area contributed by atoms with Gasteiger partial charge in [-0.05, 0) is 25.5 Å². The van der Waals surface area contributed by atoms with E-state index in [1.807, 2.05) is 18.7 Å². The second-order valence-electron chi connectivity index (χ2n) is 2.71. The van der Waals surface area contributed by atoms with Crippen molar-refractivity contribution in [2.24, 2.45) is 0 Å². The molecule has 0 aromatic carbocycles. The highest BCUT2D eigenvalue weighted by molar-refractivity contribution is 8.00. The Morgan fingerprint density at radius 3 is 3.10 bits per heavy atom. The van der Waals surface area contributed by atoms with Gasteiger partial charge in [0.2, 0.25) is 0 Å². The van der Waals surface area contributed by atoms with Gasteiger partial charge in [0, 0.05) is 0 Å². The number of rotatable bonds is 3. The van der Waals surface area contributed by atoms with Crippen LogP contribution in [0.5, 0.6) is 0 Å². The molecular formula is C8H14OS. The summed E-state index contributed by atoms with van der Waals surface area (Å²) in [6.45, 7) is 6.52. The third-order valence-corrected chi connectivity index (χ3v) is 2.67. The fourth-order valence-electron chi connectivity index (χ4n) is 0.915. The molecule has 1 nitrogen and oxygen atoms in total. The molecule has 1 aliphatic heterocycles. The summed E-state index contributed by atoms with van der Waals surface area (Å²) in [5, 5.41) is 0. The van der Waals surface area contributed by atoms with Crippen LogP contribution >= 0.6 is 11.8 Å². The first-order valence-electron chi connectivity index (χ1n) is 3.66. The van der Waals surface area contributed by atoms with Gasteiger partial charge in [0.05, 0.1) is 6.61 Å². The Morgan fingerprint density at radius 2 is 2.60 bits per heavy atom. The van der Waals surface area contributed by atoms with Gasteiger partial charge in [0.1, 0.15) is 5.44 Å². The topological polar surface area (TPSA) is 9.23 Å². The van der Waals surface area contributed by atoms with Crippen molar-refractivity contribution in [1.29, 1.82) is 0 Å². The quantitative estimate of drug-likeness (QED) is 0.583. The Hall–Kier alpha value is 0.0500. The van der Waals surface area contributed by atoms with Crippen molar-refractivity contribution in [2.75, 3.05) is 12.4 Å². The molecule has 0 N–H and O–H groups in total. The highest BCUT2D eigenvalue weighted by Gasteiger charge is 2.14. The van der Waals surface area contributed by atoms with Gasteiger partial charge in [-0.25, -0.2) is 0 Å². The van der Waals surface area contributed by atoms with Gasteiger partial charge in [0.15, 0.2) is 0 Å². The van der Waals surface area contributed by atoms with E-state index in [0.29, 0.717) is 5.44 Å². The Labute approximate surface area is 66.8 Å². The molecule has 1 fully saturated rings. The molecule has 0 spiro atoms. The molecule has 1 saturated heterocycles. The summed E-state index contributed by atoms with van der Waals surface area (Å²) >= 11 is 1.92. The number of ether oxygens (including phenoxy) is 1. The van der Waals surface area contributed by atoms with E-state index >= 15 is 0 Å². The first-order valence-corrected chi connectivity index (χ1v) is 4.71. The smallest absolute Gasteiger partial charge is 0.103 e. The lowest BCUT2D eigenvalue weighted by Gasteiger charge is -2.09. The van der Waals surface area contributed by atoms with Crippen molar-refractivity contribution in [1.82, 2.24) is 0 Å². The maximum atomic E-state index is 5.53. The molecule has 0 radical (unpaired) electrons. The van der Waals surface area contributed by atoms with E-state index in [0.717, 1.165) is 12.2 Å². The van der Waals surface area contributed by atoms with Gasteiger partial charge in [-0.1, -0.05) is 12.2 Å². The van der Waals surface area contributed by atoms with Crippen molar-refractivity contribution >= 4 is 11.8 Å². The van der Waals surface area contributed by atoms with Crippen LogP contribution in [0.4, 0.5) is 0 Å². The van der Waals surface area contributed by atoms with E-state index < -0.39 is 0 Å². The average Bonchev–Trinajstić information content (AvgIpc) is 2.34. The number of thioether (sulfide) groups is 1. The molecule has 1 aliphatic rings. The first-order chi connectivity index (χ1) is 4.79. The fraction of sp³-hybridized carbons (Fsp3) is 0.750. The van der Waals surface area contributed by atoms with Crippen LogP contribution in [0.1, 0.15) is 19.8 Å². The van der Waals surface area contributed by atoms with Crippen LogP contribution in [0.15, 0.2) is 12.2 Å². The summed E-state index contributed by atoms with van der Waals surface area (Å²) in [5.74, 6) is 1.26. The van der Waals surface area contributed by atoms with Crippen molar-refractivity contribution in [3.8, 4) is 0 Å². The summed E-state index contributed by atoms with van der Waals surface area (Å²) in [6, 6.07) is 0. The minimum atomic E-state index is 0.455. The lowest BCUT2D eigenvalue weighted by Crippen LogP contribution is -2.05. The van der Waals surface area contributed by atoms with E-state index in [-0.39, 0.29) is 0 Å². The van der Waals surface area contributed by atoms with Gasteiger partial charge in [-0.3, -0.25) is 0 Å². The second-order valence-corrected chi connectivity index (χ2v) is 3.98. The molecule has 1 heterocycles. The SMILES string of the molecule is C=C(C)COC1CCCS1. The molecule has 1 rings (SSSR count). The summed E-state index contributed by atoms with van der Waals surface area (Å²) in [6.07, 6.45) is 2.53. The zero-order valence-electron chi connectivity index (χ0n) is 6.43. The van der Waals surface area contributed by atoms with Crippen LogP contribution in [0.3, 0.4) is 0 Å². The van der Waals surface area contributed by atoms with Crippen molar-refractivity contribution < 1.29 is 4.74 Å². The molecule has 10 heavy (non-hydrogen) atoms. The highest BCUT2D eigenvalue weighted by Crippen LogP contribution is 2.26. The van der Waals surface area contributed by atoms with Crippen molar-refractivity contribution in [3.63, 3.8) is 0 Å². The van der Waals surface area contributed by atoms with Crippen molar-refractivity contribution in [2.45, 2.75) is 25.2 Å². The summed E-state index contributed by atoms with van der Waals surface area (Å²) in [5.41, 5.74) is 1.57. The molecule has 1 atom stereocenters. The van der Waals surface area contributed by atoms with E-state index in [4.69, 9.17) is 4.74 Å². The van der Waals surface area contributed by atoms with E-state index in [9.17, 15) is 0 Å². The Bertz CT molecular complexity index is 116. The fourth-order valence-corrected chi connectivity index (χ4v) is 2.01. The van der Waals surface area contributed by atoms with Crippen LogP contribution < -0.4 is 0 Å². The lowest BCUT2D eigenvalue weighted by atomic mass is 10.3. The largest absolute Gasteiger partial charge is 0.363 e. The third-order valence-electron chi connectivity index (χ3n) is 1.40. The van der Waals surface area contributed by atoms with Crippen LogP contribution in [0.2, 0.25) is 0 Å². The standard InChI is InChI=1S/C8H14OS/c1-7(2)6-9-8-4-3-5-10-8/h8H,1,3-6H2,2H3. The number of hydrogen-bond acceptors (Lipinski definition) is 2. The van der Waals surface area contributed by atoms with Gasteiger partial charge in [-0.15, -0.1) is 11.8 Å². The second kappa shape index (κ2) is 4.04. The lowest BCUT2D eigenvalue weighted by molar-refractivity contribution is 0.132. The molecule has 0 aromatic heterocycles. The highest BCUT2D eigenvalue weighted by atomic mass is 32.2. The molecule has 0 bridgehead atoms. The Balaban J connectivity index is 2.07. The average molecular weight is 158 g/mol. The molecule has 0 amide bonds. The molecule has 0 saturated carbocycles.